The van der Waals surface area contributed by atoms with E-state index in [1.54, 1.807) is 0 Å². The molecule has 0 aromatic heterocycles. The highest BCUT2D eigenvalue weighted by atomic mass is 16.7. The normalized spacial score (nSPS) is 20.5. The summed E-state index contributed by atoms with van der Waals surface area (Å²) in [5, 5.41) is 0. The molecule has 3 nitrogen and oxygen atoms in total. The van der Waals surface area contributed by atoms with Crippen molar-refractivity contribution in [2.75, 3.05) is 6.61 Å². The van der Waals surface area contributed by atoms with Crippen molar-refractivity contribution < 1.29 is 14.2 Å². The van der Waals surface area contributed by atoms with Crippen LogP contribution in [0.15, 0.2) is 54.6 Å². The predicted molar refractivity (Wildman–Crippen MR) is 85.7 cm³/mol. The van der Waals surface area contributed by atoms with E-state index in [1.165, 1.54) is 11.1 Å². The van der Waals surface area contributed by atoms with Gasteiger partial charge in [-0.05, 0) is 37.1 Å². The smallest absolute Gasteiger partial charge is 0.163 e. The lowest BCUT2D eigenvalue weighted by Crippen LogP contribution is -2.35. The van der Waals surface area contributed by atoms with Crippen molar-refractivity contribution in [3.8, 4) is 5.75 Å². The van der Waals surface area contributed by atoms with Gasteiger partial charge in [0.15, 0.2) is 5.79 Å². The van der Waals surface area contributed by atoms with Crippen molar-refractivity contribution in [1.29, 1.82) is 0 Å². The minimum Gasteiger partial charge on any atom is -0.489 e. The highest BCUT2D eigenvalue weighted by molar-refractivity contribution is 5.29. The summed E-state index contributed by atoms with van der Waals surface area (Å²) in [7, 11) is 0. The molecule has 0 amide bonds. The van der Waals surface area contributed by atoms with E-state index in [0.29, 0.717) is 6.61 Å². The Morgan fingerprint density at radius 2 is 1.77 bits per heavy atom. The van der Waals surface area contributed by atoms with Crippen LogP contribution in [0.5, 0.6) is 5.75 Å². The van der Waals surface area contributed by atoms with Crippen LogP contribution >= 0.6 is 0 Å². The van der Waals surface area contributed by atoms with Crippen molar-refractivity contribution in [3.05, 3.63) is 65.7 Å². The zero-order valence-corrected chi connectivity index (χ0v) is 13.1. The summed E-state index contributed by atoms with van der Waals surface area (Å²) in [6.45, 7) is 5.22. The summed E-state index contributed by atoms with van der Waals surface area (Å²) in [4.78, 5) is 0. The molecule has 0 bridgehead atoms. The molecular weight excluding hydrogens is 276 g/mol. The quantitative estimate of drug-likeness (QED) is 0.833. The second kappa shape index (κ2) is 6.51. The summed E-state index contributed by atoms with van der Waals surface area (Å²) in [6.07, 6.45) is 0.972. The van der Waals surface area contributed by atoms with Crippen LogP contribution < -0.4 is 4.74 Å². The van der Waals surface area contributed by atoms with Gasteiger partial charge in [-0.1, -0.05) is 42.5 Å². The summed E-state index contributed by atoms with van der Waals surface area (Å²) < 4.78 is 17.4. The first-order valence-corrected chi connectivity index (χ1v) is 7.71. The van der Waals surface area contributed by atoms with Gasteiger partial charge in [0.1, 0.15) is 12.4 Å². The summed E-state index contributed by atoms with van der Waals surface area (Å²) in [5.74, 6) is 0.365. The molecule has 1 atom stereocenters. The monoisotopic (exact) mass is 298 g/mol. The number of benzene rings is 2. The first-order chi connectivity index (χ1) is 10.6. The van der Waals surface area contributed by atoms with Crippen LogP contribution in [0, 0.1) is 0 Å². The average Bonchev–Trinajstić information content (AvgIpc) is 2.53. The van der Waals surface area contributed by atoms with Gasteiger partial charge in [0.2, 0.25) is 0 Å². The molecule has 1 unspecified atom stereocenters. The highest BCUT2D eigenvalue weighted by Gasteiger charge is 2.30. The fourth-order valence-corrected chi connectivity index (χ4v) is 2.60. The molecular formula is C19H22O3. The van der Waals surface area contributed by atoms with Crippen LogP contribution in [-0.2, 0) is 16.1 Å². The van der Waals surface area contributed by atoms with Crippen LogP contribution in [0.4, 0.5) is 0 Å². The van der Waals surface area contributed by atoms with Crippen molar-refractivity contribution in [2.24, 2.45) is 0 Å². The Morgan fingerprint density at radius 3 is 2.45 bits per heavy atom. The fourth-order valence-electron chi connectivity index (χ4n) is 2.60. The van der Waals surface area contributed by atoms with Gasteiger partial charge >= 0.3 is 0 Å². The van der Waals surface area contributed by atoms with E-state index in [4.69, 9.17) is 14.2 Å². The van der Waals surface area contributed by atoms with Gasteiger partial charge in [-0.25, -0.2) is 0 Å². The first kappa shape index (κ1) is 15.1. The minimum atomic E-state index is -0.509. The standard InChI is InChI=1S/C19H22O3/c1-19(2)21-13-12-18(22-19)16-8-10-17(11-9-16)20-14-15-6-4-3-5-7-15/h3-11,18H,12-14H2,1-2H3. The maximum Gasteiger partial charge on any atom is 0.163 e. The summed E-state index contributed by atoms with van der Waals surface area (Å²) in [6, 6.07) is 18.3. The van der Waals surface area contributed by atoms with Crippen LogP contribution in [0.1, 0.15) is 37.5 Å². The van der Waals surface area contributed by atoms with Crippen LogP contribution in [0.2, 0.25) is 0 Å². The van der Waals surface area contributed by atoms with E-state index in [9.17, 15) is 0 Å². The van der Waals surface area contributed by atoms with E-state index >= 15 is 0 Å². The van der Waals surface area contributed by atoms with Gasteiger partial charge in [0, 0.05) is 6.42 Å². The molecule has 0 saturated carbocycles. The average molecular weight is 298 g/mol. The number of hydrogen-bond acceptors (Lipinski definition) is 3. The van der Waals surface area contributed by atoms with Gasteiger partial charge in [-0.2, -0.15) is 0 Å². The number of hydrogen-bond donors (Lipinski definition) is 0. The Kier molecular flexibility index (Phi) is 4.46. The van der Waals surface area contributed by atoms with Crippen LogP contribution in [-0.4, -0.2) is 12.4 Å². The third kappa shape index (κ3) is 3.87. The highest BCUT2D eigenvalue weighted by Crippen LogP contribution is 2.33. The molecule has 0 radical (unpaired) electrons. The first-order valence-electron chi connectivity index (χ1n) is 7.71. The van der Waals surface area contributed by atoms with E-state index < -0.39 is 5.79 Å². The Labute approximate surface area is 131 Å². The minimum absolute atomic E-state index is 0.0897. The van der Waals surface area contributed by atoms with Gasteiger partial charge in [-0.15, -0.1) is 0 Å². The lowest BCUT2D eigenvalue weighted by Gasteiger charge is -2.36. The molecule has 3 heteroatoms. The zero-order valence-electron chi connectivity index (χ0n) is 13.1. The Morgan fingerprint density at radius 1 is 1.05 bits per heavy atom. The van der Waals surface area contributed by atoms with Crippen molar-refractivity contribution in [1.82, 2.24) is 0 Å². The maximum absolute atomic E-state index is 5.97. The third-order valence-electron chi connectivity index (χ3n) is 3.76. The topological polar surface area (TPSA) is 27.7 Å². The molecule has 1 aliphatic rings. The van der Waals surface area contributed by atoms with E-state index in [2.05, 4.69) is 24.3 Å². The lowest BCUT2D eigenvalue weighted by atomic mass is 10.1. The Bertz CT molecular complexity index is 590. The third-order valence-corrected chi connectivity index (χ3v) is 3.76. The molecule has 0 aliphatic carbocycles. The van der Waals surface area contributed by atoms with Gasteiger partial charge in [0.05, 0.1) is 12.7 Å². The van der Waals surface area contributed by atoms with Crippen LogP contribution in [0.3, 0.4) is 0 Å². The molecule has 1 fully saturated rings. The summed E-state index contributed by atoms with van der Waals surface area (Å²) >= 11 is 0. The molecule has 2 aromatic rings. The number of rotatable bonds is 4. The molecule has 116 valence electrons. The molecule has 1 saturated heterocycles. The largest absolute Gasteiger partial charge is 0.489 e. The number of ether oxygens (including phenoxy) is 3. The molecule has 0 spiro atoms. The SMILES string of the molecule is CC1(C)OCCC(c2ccc(OCc3ccccc3)cc2)O1. The molecule has 3 rings (SSSR count). The van der Waals surface area contributed by atoms with Crippen LogP contribution in [0.25, 0.3) is 0 Å². The molecule has 0 N–H and O–H groups in total. The predicted octanol–water partition coefficient (Wildman–Crippen LogP) is 4.48. The molecule has 2 aromatic carbocycles. The molecule has 1 heterocycles. The molecule has 1 aliphatic heterocycles. The zero-order chi connectivity index (χ0) is 15.4. The second-order valence-corrected chi connectivity index (χ2v) is 5.99. The van der Waals surface area contributed by atoms with Crippen molar-refractivity contribution in [2.45, 2.75) is 38.8 Å². The Hall–Kier alpha value is -1.84. The van der Waals surface area contributed by atoms with Gasteiger partial charge < -0.3 is 14.2 Å². The van der Waals surface area contributed by atoms with E-state index in [-0.39, 0.29) is 6.10 Å². The maximum atomic E-state index is 5.97. The van der Waals surface area contributed by atoms with E-state index in [1.807, 2.05) is 44.2 Å². The Balaban J connectivity index is 1.60. The van der Waals surface area contributed by atoms with Gasteiger partial charge in [0.25, 0.3) is 0 Å². The van der Waals surface area contributed by atoms with E-state index in [0.717, 1.165) is 18.8 Å². The lowest BCUT2D eigenvalue weighted by molar-refractivity contribution is -0.275. The van der Waals surface area contributed by atoms with Crippen molar-refractivity contribution in [3.63, 3.8) is 0 Å². The fraction of sp³-hybridized carbons (Fsp3) is 0.368. The van der Waals surface area contributed by atoms with Crippen molar-refractivity contribution >= 4 is 0 Å². The van der Waals surface area contributed by atoms with Gasteiger partial charge in [-0.3, -0.25) is 0 Å². The summed E-state index contributed by atoms with van der Waals surface area (Å²) in [5.41, 5.74) is 2.34. The molecule has 22 heavy (non-hydrogen) atoms. The second-order valence-electron chi connectivity index (χ2n) is 5.99.